The fourth-order valence-electron chi connectivity index (χ4n) is 2.16. The largest absolute Gasteiger partial charge is 0.373 e. The molecule has 4 nitrogen and oxygen atoms in total. The molecular formula is C16H30N4. The van der Waals surface area contributed by atoms with Crippen LogP contribution in [0.1, 0.15) is 65.6 Å². The highest BCUT2D eigenvalue weighted by atomic mass is 15.2. The number of nitrogens with zero attached hydrogens (tertiary/aromatic N) is 3. The first-order chi connectivity index (χ1) is 9.49. The molecule has 0 atom stereocenters. The monoisotopic (exact) mass is 278 g/mol. The van der Waals surface area contributed by atoms with E-state index in [0.29, 0.717) is 12.0 Å². The third-order valence-electron chi connectivity index (χ3n) is 3.42. The van der Waals surface area contributed by atoms with Crippen molar-refractivity contribution in [2.45, 2.75) is 65.8 Å². The first kappa shape index (κ1) is 16.7. The van der Waals surface area contributed by atoms with Gasteiger partial charge in [0.2, 0.25) is 0 Å². The summed E-state index contributed by atoms with van der Waals surface area (Å²) in [6.45, 7) is 12.0. The van der Waals surface area contributed by atoms with Crippen molar-refractivity contribution in [1.82, 2.24) is 9.97 Å². The number of hydrogen-bond donors (Lipinski definition) is 1. The Kier molecular flexibility index (Phi) is 6.76. The highest BCUT2D eigenvalue weighted by Crippen LogP contribution is 2.22. The Bertz CT molecular complexity index is 401. The predicted molar refractivity (Wildman–Crippen MR) is 87.7 cm³/mol. The summed E-state index contributed by atoms with van der Waals surface area (Å²) < 4.78 is 0. The normalized spacial score (nSPS) is 11.2. The van der Waals surface area contributed by atoms with Crippen molar-refractivity contribution in [1.29, 1.82) is 0 Å². The van der Waals surface area contributed by atoms with Crippen LogP contribution in [-0.2, 0) is 0 Å². The van der Waals surface area contributed by atoms with Gasteiger partial charge in [0.15, 0.2) is 0 Å². The van der Waals surface area contributed by atoms with E-state index in [1.807, 2.05) is 7.05 Å². The van der Waals surface area contributed by atoms with Crippen molar-refractivity contribution in [3.8, 4) is 0 Å². The summed E-state index contributed by atoms with van der Waals surface area (Å²) in [5, 5.41) is 3.15. The molecule has 0 aliphatic rings. The zero-order chi connectivity index (χ0) is 15.1. The number of hydrogen-bond acceptors (Lipinski definition) is 4. The molecule has 1 aromatic heterocycles. The maximum atomic E-state index is 4.76. The average Bonchev–Trinajstić information content (AvgIpc) is 2.42. The minimum atomic E-state index is 0.340. The van der Waals surface area contributed by atoms with E-state index < -0.39 is 0 Å². The first-order valence-electron chi connectivity index (χ1n) is 7.82. The van der Waals surface area contributed by atoms with Crippen LogP contribution < -0.4 is 10.2 Å². The smallest absolute Gasteiger partial charge is 0.135 e. The highest BCUT2D eigenvalue weighted by molar-refractivity contribution is 5.50. The Hall–Kier alpha value is -1.32. The van der Waals surface area contributed by atoms with Crippen molar-refractivity contribution in [3.63, 3.8) is 0 Å². The maximum absolute atomic E-state index is 4.76. The Morgan fingerprint density at radius 3 is 2.35 bits per heavy atom. The second-order valence-corrected chi connectivity index (χ2v) is 5.87. The van der Waals surface area contributed by atoms with Crippen molar-refractivity contribution in [2.75, 3.05) is 23.8 Å². The maximum Gasteiger partial charge on any atom is 0.135 e. The molecule has 20 heavy (non-hydrogen) atoms. The minimum absolute atomic E-state index is 0.340. The van der Waals surface area contributed by atoms with E-state index in [-0.39, 0.29) is 0 Å². The lowest BCUT2D eigenvalue weighted by Gasteiger charge is -2.28. The number of anilines is 2. The molecule has 0 bridgehead atoms. The van der Waals surface area contributed by atoms with Gasteiger partial charge >= 0.3 is 0 Å². The van der Waals surface area contributed by atoms with Crippen LogP contribution in [0.25, 0.3) is 0 Å². The van der Waals surface area contributed by atoms with Crippen LogP contribution in [0, 0.1) is 0 Å². The summed E-state index contributed by atoms with van der Waals surface area (Å²) in [5.41, 5.74) is 0. The molecule has 0 aliphatic heterocycles. The van der Waals surface area contributed by atoms with Crippen molar-refractivity contribution >= 4 is 11.6 Å². The molecule has 0 unspecified atom stereocenters. The Morgan fingerprint density at radius 2 is 1.85 bits per heavy atom. The molecule has 1 rings (SSSR count). The van der Waals surface area contributed by atoms with E-state index in [1.165, 1.54) is 19.3 Å². The fraction of sp³-hybridized carbons (Fsp3) is 0.750. The molecule has 0 saturated carbocycles. The molecule has 0 spiro atoms. The standard InChI is InChI=1S/C16H30N4/c1-7-8-9-10-20(13(4)5)15-11-14(17-6)18-16(19-15)12(2)3/h11-13H,7-10H2,1-6H3,(H,17,18,19). The quantitative estimate of drug-likeness (QED) is 0.728. The van der Waals surface area contributed by atoms with Crippen LogP contribution in [0.4, 0.5) is 11.6 Å². The Balaban J connectivity index is 3.02. The highest BCUT2D eigenvalue weighted by Gasteiger charge is 2.15. The van der Waals surface area contributed by atoms with Gasteiger partial charge in [0.05, 0.1) is 0 Å². The Morgan fingerprint density at radius 1 is 1.15 bits per heavy atom. The SMILES string of the molecule is CCCCCN(c1cc(NC)nc(C(C)C)n1)C(C)C. The zero-order valence-corrected chi connectivity index (χ0v) is 13.9. The summed E-state index contributed by atoms with van der Waals surface area (Å²) in [5.74, 6) is 3.19. The molecule has 0 amide bonds. The molecule has 0 aliphatic carbocycles. The van der Waals surface area contributed by atoms with Crippen LogP contribution in [0.2, 0.25) is 0 Å². The van der Waals surface area contributed by atoms with Crippen LogP contribution in [0.5, 0.6) is 0 Å². The molecule has 1 aromatic rings. The summed E-state index contributed by atoms with van der Waals surface area (Å²) in [4.78, 5) is 11.7. The van der Waals surface area contributed by atoms with E-state index >= 15 is 0 Å². The second-order valence-electron chi connectivity index (χ2n) is 5.87. The number of unbranched alkanes of at least 4 members (excludes halogenated alkanes) is 2. The van der Waals surface area contributed by atoms with Gasteiger partial charge < -0.3 is 10.2 Å². The van der Waals surface area contributed by atoms with Gasteiger partial charge in [-0.2, -0.15) is 0 Å². The molecule has 4 heteroatoms. The van der Waals surface area contributed by atoms with E-state index in [4.69, 9.17) is 4.98 Å². The van der Waals surface area contributed by atoms with Gasteiger partial charge in [0.1, 0.15) is 17.5 Å². The first-order valence-corrected chi connectivity index (χ1v) is 7.82. The van der Waals surface area contributed by atoms with Crippen LogP contribution in [0.3, 0.4) is 0 Å². The molecular weight excluding hydrogens is 248 g/mol. The molecule has 0 fully saturated rings. The van der Waals surface area contributed by atoms with Gasteiger partial charge in [-0.1, -0.05) is 33.6 Å². The Labute approximate surface area is 124 Å². The summed E-state index contributed by atoms with van der Waals surface area (Å²) in [6, 6.07) is 2.50. The topological polar surface area (TPSA) is 41.0 Å². The van der Waals surface area contributed by atoms with E-state index in [1.54, 1.807) is 0 Å². The number of aromatic nitrogens is 2. The second kappa shape index (κ2) is 8.08. The average molecular weight is 278 g/mol. The lowest BCUT2D eigenvalue weighted by atomic mass is 10.2. The molecule has 1 heterocycles. The van der Waals surface area contributed by atoms with E-state index in [0.717, 1.165) is 24.0 Å². The van der Waals surface area contributed by atoms with Crippen molar-refractivity contribution < 1.29 is 0 Å². The van der Waals surface area contributed by atoms with Crippen LogP contribution in [-0.4, -0.2) is 29.6 Å². The van der Waals surface area contributed by atoms with E-state index in [2.05, 4.69) is 55.9 Å². The molecule has 0 aromatic carbocycles. The van der Waals surface area contributed by atoms with Gasteiger partial charge in [-0.3, -0.25) is 0 Å². The molecule has 0 saturated heterocycles. The van der Waals surface area contributed by atoms with Gasteiger partial charge in [0, 0.05) is 31.6 Å². The number of nitrogens with one attached hydrogen (secondary N) is 1. The predicted octanol–water partition coefficient (Wildman–Crippen LogP) is 4.05. The lowest BCUT2D eigenvalue weighted by molar-refractivity contribution is 0.615. The fourth-order valence-corrected chi connectivity index (χ4v) is 2.16. The molecule has 1 N–H and O–H groups in total. The lowest BCUT2D eigenvalue weighted by Crippen LogP contribution is -2.33. The summed E-state index contributed by atoms with van der Waals surface area (Å²) in [6.07, 6.45) is 3.73. The van der Waals surface area contributed by atoms with Gasteiger partial charge in [0.25, 0.3) is 0 Å². The van der Waals surface area contributed by atoms with Gasteiger partial charge in [-0.05, 0) is 20.3 Å². The molecule has 114 valence electrons. The minimum Gasteiger partial charge on any atom is -0.373 e. The third kappa shape index (κ3) is 4.66. The summed E-state index contributed by atoms with van der Waals surface area (Å²) >= 11 is 0. The van der Waals surface area contributed by atoms with Crippen molar-refractivity contribution in [3.05, 3.63) is 11.9 Å². The van der Waals surface area contributed by atoms with Crippen LogP contribution in [0.15, 0.2) is 6.07 Å². The van der Waals surface area contributed by atoms with E-state index in [9.17, 15) is 0 Å². The number of rotatable bonds is 8. The third-order valence-corrected chi connectivity index (χ3v) is 3.42. The van der Waals surface area contributed by atoms with Crippen LogP contribution >= 0.6 is 0 Å². The molecule has 0 radical (unpaired) electrons. The summed E-state index contributed by atoms with van der Waals surface area (Å²) in [7, 11) is 1.91. The zero-order valence-electron chi connectivity index (χ0n) is 13.9. The van der Waals surface area contributed by atoms with Crippen molar-refractivity contribution in [2.24, 2.45) is 0 Å². The van der Waals surface area contributed by atoms with Gasteiger partial charge in [-0.15, -0.1) is 0 Å². The van der Waals surface area contributed by atoms with Gasteiger partial charge in [-0.25, -0.2) is 9.97 Å².